The van der Waals surface area contributed by atoms with Crippen LogP contribution in [0.3, 0.4) is 0 Å². The third-order valence-corrected chi connectivity index (χ3v) is 7.33. The summed E-state index contributed by atoms with van der Waals surface area (Å²) in [6, 6.07) is 17.9. The molecule has 208 valence electrons. The lowest BCUT2D eigenvalue weighted by Crippen LogP contribution is -2.35. The number of ether oxygens (including phenoxy) is 1. The van der Waals surface area contributed by atoms with Gasteiger partial charge in [-0.25, -0.2) is 9.37 Å². The van der Waals surface area contributed by atoms with Gasteiger partial charge in [0.25, 0.3) is 0 Å². The van der Waals surface area contributed by atoms with Crippen LogP contribution in [0.25, 0.3) is 22.2 Å². The maximum absolute atomic E-state index is 14.7. The van der Waals surface area contributed by atoms with E-state index >= 15 is 0 Å². The molecule has 5 aromatic rings. The third kappa shape index (κ3) is 6.25. The normalized spacial score (nSPS) is 13.8. The number of Topliss-reactive ketones (excluding diaryl/α,β-unsaturated/α-hetero) is 1. The van der Waals surface area contributed by atoms with Crippen molar-refractivity contribution in [3.8, 4) is 22.6 Å². The van der Waals surface area contributed by atoms with E-state index in [0.29, 0.717) is 40.9 Å². The molecule has 1 aliphatic rings. The number of fused-ring (bicyclic) bond motifs is 1. The van der Waals surface area contributed by atoms with Crippen LogP contribution in [0.5, 0.6) is 11.5 Å². The van der Waals surface area contributed by atoms with Gasteiger partial charge in [-0.2, -0.15) is 0 Å². The van der Waals surface area contributed by atoms with Crippen LogP contribution in [0.4, 0.5) is 16.0 Å². The molecule has 1 aliphatic heterocycles. The number of piperidine rings is 1. The first kappa shape index (κ1) is 26.6. The highest BCUT2D eigenvalue weighted by Gasteiger charge is 2.16. The number of nitrogens with zero attached hydrogens (tertiary/aromatic N) is 5. The lowest BCUT2D eigenvalue weighted by atomic mass is 10.1. The summed E-state index contributed by atoms with van der Waals surface area (Å²) in [6.07, 6.45) is 8.91. The number of ketones is 1. The van der Waals surface area contributed by atoms with Crippen molar-refractivity contribution in [2.75, 3.05) is 25.0 Å². The lowest BCUT2D eigenvalue weighted by Gasteiger charge is -2.25. The Kier molecular flexibility index (Phi) is 7.69. The van der Waals surface area contributed by atoms with Crippen LogP contribution in [0.2, 0.25) is 0 Å². The topological polar surface area (TPSA) is 85.2 Å². The summed E-state index contributed by atoms with van der Waals surface area (Å²) in [5.74, 6) is 1.49. The molecule has 4 heterocycles. The van der Waals surface area contributed by atoms with E-state index < -0.39 is 0 Å². The number of likely N-dealkylation sites (tertiary alicyclic amines) is 1. The number of halogens is 1. The minimum Gasteiger partial charge on any atom is -0.457 e. The molecule has 8 nitrogen and oxygen atoms in total. The standard InChI is InChI=1S/C32H31FN6O2/c1-38-31-8-6-26(41-27-11-14-35-24(19-27)18-25(40)21-39-15-3-2-4-16-39)20-30(31)37-32(38)36-29-17-23(5-7-28(29)33)22-9-12-34-13-10-22/h5-14,17,19-20H,2-4,15-16,18,21H2,1H3,(H,36,37). The molecule has 0 aliphatic carbocycles. The average molecular weight is 551 g/mol. The Hall–Kier alpha value is -4.63. The molecule has 0 atom stereocenters. The molecule has 0 saturated carbocycles. The Morgan fingerprint density at radius 1 is 0.927 bits per heavy atom. The highest BCUT2D eigenvalue weighted by molar-refractivity contribution is 5.83. The number of aryl methyl sites for hydroxylation is 1. The predicted octanol–water partition coefficient (Wildman–Crippen LogP) is 6.30. The van der Waals surface area contributed by atoms with Gasteiger partial charge in [0.1, 0.15) is 17.3 Å². The number of hydrogen-bond acceptors (Lipinski definition) is 7. The van der Waals surface area contributed by atoms with E-state index in [4.69, 9.17) is 9.72 Å². The van der Waals surface area contributed by atoms with E-state index in [2.05, 4.69) is 20.2 Å². The second-order valence-electron chi connectivity index (χ2n) is 10.3. The number of anilines is 2. The Balaban J connectivity index is 1.16. The van der Waals surface area contributed by atoms with Gasteiger partial charge in [0.2, 0.25) is 5.95 Å². The van der Waals surface area contributed by atoms with Crippen LogP contribution in [0.15, 0.2) is 79.3 Å². The van der Waals surface area contributed by atoms with Crippen LogP contribution in [-0.2, 0) is 18.3 Å². The highest BCUT2D eigenvalue weighted by Crippen LogP contribution is 2.30. The van der Waals surface area contributed by atoms with Crippen LogP contribution in [-0.4, -0.2) is 49.8 Å². The smallest absolute Gasteiger partial charge is 0.208 e. The van der Waals surface area contributed by atoms with E-state index in [-0.39, 0.29) is 18.0 Å². The molecule has 0 spiro atoms. The predicted molar refractivity (Wildman–Crippen MR) is 157 cm³/mol. The zero-order valence-corrected chi connectivity index (χ0v) is 22.9. The second kappa shape index (κ2) is 11.9. The number of pyridine rings is 2. The maximum atomic E-state index is 14.7. The molecule has 0 bridgehead atoms. The van der Waals surface area contributed by atoms with Crippen molar-refractivity contribution in [3.63, 3.8) is 0 Å². The first-order chi connectivity index (χ1) is 20.0. The second-order valence-corrected chi connectivity index (χ2v) is 10.3. The summed E-state index contributed by atoms with van der Waals surface area (Å²) in [4.78, 5) is 28.0. The SMILES string of the molecule is Cn1c(Nc2cc(-c3ccncc3)ccc2F)nc2cc(Oc3ccnc(CC(=O)CN4CCCCC4)c3)ccc21. The number of rotatable bonds is 9. The van der Waals surface area contributed by atoms with Gasteiger partial charge in [0, 0.05) is 37.8 Å². The van der Waals surface area contributed by atoms with E-state index in [1.165, 1.54) is 12.5 Å². The number of imidazole rings is 1. The highest BCUT2D eigenvalue weighted by atomic mass is 19.1. The van der Waals surface area contributed by atoms with Crippen molar-refractivity contribution in [2.24, 2.45) is 7.05 Å². The minimum atomic E-state index is -0.373. The Labute approximate surface area is 237 Å². The Morgan fingerprint density at radius 2 is 1.73 bits per heavy atom. The van der Waals surface area contributed by atoms with Gasteiger partial charge in [0.15, 0.2) is 5.78 Å². The van der Waals surface area contributed by atoms with Gasteiger partial charge in [-0.05, 0) is 79.5 Å². The molecule has 0 radical (unpaired) electrons. The third-order valence-electron chi connectivity index (χ3n) is 7.33. The van der Waals surface area contributed by atoms with E-state index in [9.17, 15) is 9.18 Å². The monoisotopic (exact) mass is 550 g/mol. The van der Waals surface area contributed by atoms with Gasteiger partial charge in [0.05, 0.1) is 35.4 Å². The molecule has 2 aromatic carbocycles. The van der Waals surface area contributed by atoms with Crippen LogP contribution >= 0.6 is 0 Å². The molecule has 1 fully saturated rings. The van der Waals surface area contributed by atoms with E-state index in [1.54, 1.807) is 36.8 Å². The minimum absolute atomic E-state index is 0.161. The van der Waals surface area contributed by atoms with Gasteiger partial charge in [-0.15, -0.1) is 0 Å². The summed E-state index contributed by atoms with van der Waals surface area (Å²) < 4.78 is 22.7. The van der Waals surface area contributed by atoms with Gasteiger partial charge >= 0.3 is 0 Å². The van der Waals surface area contributed by atoms with Gasteiger partial charge in [-0.3, -0.25) is 19.7 Å². The maximum Gasteiger partial charge on any atom is 0.208 e. The Bertz CT molecular complexity index is 1680. The number of carbonyl (C=O) groups excluding carboxylic acids is 1. The summed E-state index contributed by atoms with van der Waals surface area (Å²) in [5, 5.41) is 3.14. The lowest BCUT2D eigenvalue weighted by molar-refractivity contribution is -0.119. The number of nitrogens with one attached hydrogen (secondary N) is 1. The first-order valence-corrected chi connectivity index (χ1v) is 13.8. The largest absolute Gasteiger partial charge is 0.457 e. The molecule has 0 unspecified atom stereocenters. The molecule has 9 heteroatoms. The summed E-state index contributed by atoms with van der Waals surface area (Å²) in [7, 11) is 1.87. The zero-order chi connectivity index (χ0) is 28.2. The van der Waals surface area contributed by atoms with Crippen molar-refractivity contribution in [3.05, 3.63) is 90.8 Å². The molecule has 41 heavy (non-hydrogen) atoms. The van der Waals surface area contributed by atoms with Crippen molar-refractivity contribution < 1.29 is 13.9 Å². The van der Waals surface area contributed by atoms with Gasteiger partial charge in [-0.1, -0.05) is 12.5 Å². The molecule has 6 rings (SSSR count). The number of aromatic nitrogens is 4. The first-order valence-electron chi connectivity index (χ1n) is 13.8. The summed E-state index contributed by atoms with van der Waals surface area (Å²) in [5.41, 5.74) is 4.39. The number of hydrogen-bond donors (Lipinski definition) is 1. The number of benzene rings is 2. The fourth-order valence-electron chi connectivity index (χ4n) is 5.20. The fraction of sp³-hybridized carbons (Fsp3) is 0.250. The van der Waals surface area contributed by atoms with Crippen LogP contribution in [0, 0.1) is 5.82 Å². The van der Waals surface area contributed by atoms with Crippen molar-refractivity contribution >= 4 is 28.5 Å². The van der Waals surface area contributed by atoms with Gasteiger partial charge < -0.3 is 14.6 Å². The zero-order valence-electron chi connectivity index (χ0n) is 22.9. The molecular formula is C32H31FN6O2. The summed E-state index contributed by atoms with van der Waals surface area (Å²) >= 11 is 0. The van der Waals surface area contributed by atoms with E-state index in [0.717, 1.165) is 42.6 Å². The molecular weight excluding hydrogens is 519 g/mol. The van der Waals surface area contributed by atoms with Crippen molar-refractivity contribution in [2.45, 2.75) is 25.7 Å². The van der Waals surface area contributed by atoms with Crippen LogP contribution in [0.1, 0.15) is 25.0 Å². The quantitative estimate of drug-likeness (QED) is 0.230. The fourth-order valence-corrected chi connectivity index (χ4v) is 5.20. The Morgan fingerprint density at radius 3 is 2.56 bits per heavy atom. The average Bonchev–Trinajstić information content (AvgIpc) is 3.29. The molecule has 1 N–H and O–H groups in total. The molecule has 3 aromatic heterocycles. The van der Waals surface area contributed by atoms with Crippen molar-refractivity contribution in [1.29, 1.82) is 0 Å². The van der Waals surface area contributed by atoms with Crippen molar-refractivity contribution in [1.82, 2.24) is 24.4 Å². The van der Waals surface area contributed by atoms with E-state index in [1.807, 2.05) is 48.0 Å². The molecule has 1 saturated heterocycles. The van der Waals surface area contributed by atoms with Crippen LogP contribution < -0.4 is 10.1 Å². The number of carbonyl (C=O) groups is 1. The summed E-state index contributed by atoms with van der Waals surface area (Å²) in [6.45, 7) is 2.45. The molecule has 0 amide bonds.